The Balaban J connectivity index is 1.88. The highest BCUT2D eigenvalue weighted by molar-refractivity contribution is 5.79. The van der Waals surface area contributed by atoms with Crippen molar-refractivity contribution in [2.45, 2.75) is 32.0 Å². The first-order valence-electron chi connectivity index (χ1n) is 6.34. The van der Waals surface area contributed by atoms with Crippen LogP contribution in [0.4, 0.5) is 13.2 Å². The zero-order valence-electron chi connectivity index (χ0n) is 11.0. The van der Waals surface area contributed by atoms with Gasteiger partial charge in [0.2, 0.25) is 5.91 Å². The van der Waals surface area contributed by atoms with E-state index in [0.29, 0.717) is 12.8 Å². The number of hydrogen-bond acceptors (Lipinski definition) is 3. The van der Waals surface area contributed by atoms with E-state index < -0.39 is 29.2 Å². The highest BCUT2D eigenvalue weighted by atomic mass is 19.4. The number of hydrogen-bond donors (Lipinski definition) is 2. The second-order valence-corrected chi connectivity index (χ2v) is 5.11. The molecule has 21 heavy (non-hydrogen) atoms. The third-order valence-electron chi connectivity index (χ3n) is 3.62. The van der Waals surface area contributed by atoms with E-state index >= 15 is 0 Å². The average molecular weight is 305 g/mol. The fourth-order valence-corrected chi connectivity index (χ4v) is 2.14. The summed E-state index contributed by atoms with van der Waals surface area (Å²) in [5.41, 5.74) is -2.01. The normalized spacial score (nSPS) is 17.1. The van der Waals surface area contributed by atoms with E-state index in [2.05, 4.69) is 10.4 Å². The third-order valence-corrected chi connectivity index (χ3v) is 3.62. The molecule has 9 heteroatoms. The van der Waals surface area contributed by atoms with Gasteiger partial charge in [-0.2, -0.15) is 18.3 Å². The fourth-order valence-electron chi connectivity index (χ4n) is 2.14. The third kappa shape index (κ3) is 3.34. The van der Waals surface area contributed by atoms with Crippen LogP contribution in [0.2, 0.25) is 0 Å². The molecule has 0 unspecified atom stereocenters. The molecule has 0 atom stereocenters. The topological polar surface area (TPSA) is 84.2 Å². The molecule has 1 amide bonds. The summed E-state index contributed by atoms with van der Waals surface area (Å²) in [4.78, 5) is 22.7. The Morgan fingerprint density at radius 1 is 1.43 bits per heavy atom. The number of carboxylic acids is 1. The predicted molar refractivity (Wildman–Crippen MR) is 64.2 cm³/mol. The van der Waals surface area contributed by atoms with Crippen LogP contribution in [0, 0.1) is 5.41 Å². The molecule has 1 aromatic heterocycles. The molecule has 2 rings (SSSR count). The predicted octanol–water partition coefficient (Wildman–Crippen LogP) is 1.27. The summed E-state index contributed by atoms with van der Waals surface area (Å²) < 4.78 is 37.9. The monoisotopic (exact) mass is 305 g/mol. The fraction of sp³-hybridized carbons (Fsp3) is 0.583. The summed E-state index contributed by atoms with van der Waals surface area (Å²) in [7, 11) is 0. The van der Waals surface area contributed by atoms with Gasteiger partial charge in [-0.15, -0.1) is 0 Å². The van der Waals surface area contributed by atoms with E-state index in [0.717, 1.165) is 23.4 Å². The molecule has 0 saturated heterocycles. The lowest BCUT2D eigenvalue weighted by Gasteiger charge is -2.37. The van der Waals surface area contributed by atoms with Crippen molar-refractivity contribution >= 4 is 11.9 Å². The number of alkyl halides is 3. The number of aromatic nitrogens is 2. The Morgan fingerprint density at radius 2 is 2.10 bits per heavy atom. The van der Waals surface area contributed by atoms with Gasteiger partial charge in [0.25, 0.3) is 0 Å². The summed E-state index contributed by atoms with van der Waals surface area (Å²) >= 11 is 0. The second-order valence-electron chi connectivity index (χ2n) is 5.11. The largest absolute Gasteiger partial charge is 0.481 e. The lowest BCUT2D eigenvalue weighted by molar-refractivity contribution is -0.154. The minimum atomic E-state index is -4.55. The molecule has 6 nitrogen and oxygen atoms in total. The summed E-state index contributed by atoms with van der Waals surface area (Å²) in [5.74, 6) is -1.54. The van der Waals surface area contributed by atoms with E-state index in [4.69, 9.17) is 5.11 Å². The van der Waals surface area contributed by atoms with Gasteiger partial charge in [-0.05, 0) is 18.9 Å². The van der Waals surface area contributed by atoms with Crippen LogP contribution >= 0.6 is 0 Å². The van der Waals surface area contributed by atoms with Crippen molar-refractivity contribution in [3.05, 3.63) is 18.0 Å². The van der Waals surface area contributed by atoms with E-state index in [1.165, 1.54) is 0 Å². The first kappa shape index (κ1) is 15.3. The van der Waals surface area contributed by atoms with Crippen LogP contribution < -0.4 is 5.32 Å². The van der Waals surface area contributed by atoms with Crippen LogP contribution in [0.25, 0.3) is 0 Å². The lowest BCUT2D eigenvalue weighted by atomic mass is 9.69. The number of halogens is 3. The summed E-state index contributed by atoms with van der Waals surface area (Å²) in [6.07, 6.45) is -1.73. The molecule has 0 spiro atoms. The molecule has 0 aromatic carbocycles. The smallest absolute Gasteiger partial charge is 0.435 e. The van der Waals surface area contributed by atoms with Crippen LogP contribution in [-0.2, 0) is 22.3 Å². The number of nitrogens with one attached hydrogen (secondary N) is 1. The van der Waals surface area contributed by atoms with Crippen LogP contribution in [0.15, 0.2) is 12.3 Å². The van der Waals surface area contributed by atoms with E-state index in [1.54, 1.807) is 0 Å². The molecule has 1 aliphatic rings. The molecule has 0 aliphatic heterocycles. The molecule has 1 heterocycles. The van der Waals surface area contributed by atoms with Gasteiger partial charge in [0, 0.05) is 12.7 Å². The zero-order valence-corrected chi connectivity index (χ0v) is 11.0. The maximum atomic E-state index is 12.3. The van der Waals surface area contributed by atoms with Crippen molar-refractivity contribution in [2.24, 2.45) is 5.41 Å². The van der Waals surface area contributed by atoms with Gasteiger partial charge in [0.05, 0.1) is 5.41 Å². The van der Waals surface area contributed by atoms with Crippen LogP contribution in [0.3, 0.4) is 0 Å². The highest BCUT2D eigenvalue weighted by Crippen LogP contribution is 2.40. The molecule has 1 aliphatic carbocycles. The molecular formula is C12H14F3N3O3. The number of amides is 1. The van der Waals surface area contributed by atoms with Crippen LogP contribution in [0.5, 0.6) is 0 Å². The van der Waals surface area contributed by atoms with E-state index in [1.807, 2.05) is 0 Å². The van der Waals surface area contributed by atoms with E-state index in [9.17, 15) is 22.8 Å². The van der Waals surface area contributed by atoms with Crippen molar-refractivity contribution in [1.82, 2.24) is 15.1 Å². The Morgan fingerprint density at radius 3 is 2.52 bits per heavy atom. The SMILES string of the molecule is O=C(Cn1ccc(C(F)(F)F)n1)NCC1(C(=O)O)CCC1. The summed E-state index contributed by atoms with van der Waals surface area (Å²) in [6, 6.07) is 0.776. The van der Waals surface area contributed by atoms with Gasteiger partial charge in [-0.1, -0.05) is 6.42 Å². The molecule has 2 N–H and O–H groups in total. The van der Waals surface area contributed by atoms with Crippen molar-refractivity contribution in [1.29, 1.82) is 0 Å². The van der Waals surface area contributed by atoms with Gasteiger partial charge >= 0.3 is 12.1 Å². The number of carbonyl (C=O) groups is 2. The molecule has 116 valence electrons. The number of aliphatic carboxylic acids is 1. The quantitative estimate of drug-likeness (QED) is 0.858. The Labute approximate surface area is 117 Å². The highest BCUT2D eigenvalue weighted by Gasteiger charge is 2.44. The molecule has 0 radical (unpaired) electrons. The Bertz CT molecular complexity index is 549. The molecule has 0 bridgehead atoms. The molecular weight excluding hydrogens is 291 g/mol. The zero-order chi connectivity index (χ0) is 15.7. The first-order valence-corrected chi connectivity index (χ1v) is 6.34. The van der Waals surface area contributed by atoms with Gasteiger partial charge < -0.3 is 10.4 Å². The maximum Gasteiger partial charge on any atom is 0.435 e. The summed E-state index contributed by atoms with van der Waals surface area (Å²) in [6.45, 7) is -0.402. The van der Waals surface area contributed by atoms with Gasteiger partial charge in [0.15, 0.2) is 5.69 Å². The second kappa shape index (κ2) is 5.38. The maximum absolute atomic E-state index is 12.3. The minimum absolute atomic E-state index is 0.0193. The number of carboxylic acid groups (broad SMARTS) is 1. The molecule has 1 aromatic rings. The lowest BCUT2D eigenvalue weighted by Crippen LogP contribution is -2.48. The standard InChI is InChI=1S/C12H14F3N3O3/c13-12(14,15)8-2-5-18(17-8)6-9(19)16-7-11(10(20)21)3-1-4-11/h2,5H,1,3-4,6-7H2,(H,16,19)(H,20,21). The van der Waals surface area contributed by atoms with Crippen LogP contribution in [-0.4, -0.2) is 33.3 Å². The van der Waals surface area contributed by atoms with Gasteiger partial charge in [-0.25, -0.2) is 0 Å². The summed E-state index contributed by atoms with van der Waals surface area (Å²) in [5, 5.41) is 14.8. The number of carbonyl (C=O) groups excluding carboxylic acids is 1. The Hall–Kier alpha value is -2.06. The molecule has 1 fully saturated rings. The number of rotatable bonds is 5. The van der Waals surface area contributed by atoms with E-state index in [-0.39, 0.29) is 13.1 Å². The van der Waals surface area contributed by atoms with Crippen molar-refractivity contribution in [2.75, 3.05) is 6.54 Å². The Kier molecular flexibility index (Phi) is 3.93. The van der Waals surface area contributed by atoms with Gasteiger partial charge in [0.1, 0.15) is 6.54 Å². The van der Waals surface area contributed by atoms with Crippen LogP contribution in [0.1, 0.15) is 25.0 Å². The first-order chi connectivity index (χ1) is 9.73. The van der Waals surface area contributed by atoms with Gasteiger partial charge in [-0.3, -0.25) is 14.3 Å². The minimum Gasteiger partial charge on any atom is -0.481 e. The molecule has 1 saturated carbocycles. The number of nitrogens with zero attached hydrogens (tertiary/aromatic N) is 2. The van der Waals surface area contributed by atoms with Crippen molar-refractivity contribution in [3.8, 4) is 0 Å². The average Bonchev–Trinajstić information content (AvgIpc) is 2.75. The van der Waals surface area contributed by atoms with Crippen molar-refractivity contribution in [3.63, 3.8) is 0 Å². The van der Waals surface area contributed by atoms with Crippen molar-refractivity contribution < 1.29 is 27.9 Å².